The smallest absolute Gasteiger partial charge is 0.191 e. The van der Waals surface area contributed by atoms with Crippen LogP contribution in [0.15, 0.2) is 41.9 Å². The highest BCUT2D eigenvalue weighted by atomic mass is 16.5. The molecule has 1 aromatic carbocycles. The largest absolute Gasteiger partial charge is 0.491 e. The van der Waals surface area contributed by atoms with E-state index < -0.39 is 0 Å². The number of aromatic nitrogens is 2. The van der Waals surface area contributed by atoms with E-state index in [1.165, 1.54) is 5.56 Å². The van der Waals surface area contributed by atoms with Crippen LogP contribution in [0, 0.1) is 6.92 Å². The van der Waals surface area contributed by atoms with Crippen molar-refractivity contribution in [2.24, 2.45) is 4.99 Å². The van der Waals surface area contributed by atoms with E-state index in [2.05, 4.69) is 46.2 Å². The second kappa shape index (κ2) is 12.0. The molecule has 0 radical (unpaired) electrons. The monoisotopic (exact) mass is 373 g/mol. The van der Waals surface area contributed by atoms with Gasteiger partial charge in [0.2, 0.25) is 0 Å². The van der Waals surface area contributed by atoms with Crippen molar-refractivity contribution < 1.29 is 9.47 Å². The van der Waals surface area contributed by atoms with Crippen molar-refractivity contribution in [3.8, 4) is 5.75 Å². The van der Waals surface area contributed by atoms with Crippen LogP contribution in [0.25, 0.3) is 0 Å². The molecule has 7 nitrogen and oxygen atoms in total. The minimum absolute atomic E-state index is 0.531. The average Bonchev–Trinajstić information content (AvgIpc) is 3.18. The lowest BCUT2D eigenvalue weighted by atomic mass is 10.1. The molecule has 0 spiro atoms. The normalized spacial score (nSPS) is 11.4. The number of nitrogens with one attached hydrogen (secondary N) is 2. The minimum atomic E-state index is 0.531. The third-order valence-electron chi connectivity index (χ3n) is 3.96. The van der Waals surface area contributed by atoms with Gasteiger partial charge in [0.05, 0.1) is 19.5 Å². The van der Waals surface area contributed by atoms with Crippen molar-refractivity contribution >= 4 is 5.96 Å². The molecule has 0 fully saturated rings. The molecule has 2 rings (SSSR count). The van der Waals surface area contributed by atoms with E-state index in [0.29, 0.717) is 19.8 Å². The number of ether oxygens (including phenoxy) is 2. The molecule has 0 unspecified atom stereocenters. The lowest BCUT2D eigenvalue weighted by molar-refractivity contribution is 0.145. The highest BCUT2D eigenvalue weighted by molar-refractivity contribution is 5.79. The molecule has 2 N–H and O–H groups in total. The fourth-order valence-corrected chi connectivity index (χ4v) is 2.56. The van der Waals surface area contributed by atoms with E-state index in [1.807, 2.05) is 18.6 Å². The fraction of sp³-hybridized carbons (Fsp3) is 0.500. The molecule has 27 heavy (non-hydrogen) atoms. The Kier molecular flexibility index (Phi) is 9.20. The first kappa shape index (κ1) is 20.8. The zero-order valence-electron chi connectivity index (χ0n) is 16.6. The van der Waals surface area contributed by atoms with E-state index in [0.717, 1.165) is 43.3 Å². The first-order valence-corrected chi connectivity index (χ1v) is 9.42. The SMILES string of the molecule is CCNC(=NCc1ccc(C)cc1OCCOC)NCCCn1ccnc1. The van der Waals surface area contributed by atoms with Gasteiger partial charge >= 0.3 is 0 Å². The second-order valence-corrected chi connectivity index (χ2v) is 6.23. The predicted octanol–water partition coefficient (Wildman–Crippen LogP) is 2.36. The minimum Gasteiger partial charge on any atom is -0.491 e. The van der Waals surface area contributed by atoms with Crippen LogP contribution in [0.3, 0.4) is 0 Å². The van der Waals surface area contributed by atoms with E-state index in [4.69, 9.17) is 14.5 Å². The maximum atomic E-state index is 5.85. The van der Waals surface area contributed by atoms with Gasteiger partial charge in [-0.1, -0.05) is 12.1 Å². The Balaban J connectivity index is 1.90. The third-order valence-corrected chi connectivity index (χ3v) is 3.96. The van der Waals surface area contributed by atoms with Gasteiger partial charge in [0, 0.05) is 44.7 Å². The summed E-state index contributed by atoms with van der Waals surface area (Å²) in [5.74, 6) is 1.68. The lowest BCUT2D eigenvalue weighted by Crippen LogP contribution is -2.38. The molecule has 0 bridgehead atoms. The van der Waals surface area contributed by atoms with Gasteiger partial charge in [0.25, 0.3) is 0 Å². The van der Waals surface area contributed by atoms with E-state index >= 15 is 0 Å². The maximum Gasteiger partial charge on any atom is 0.191 e. The lowest BCUT2D eigenvalue weighted by Gasteiger charge is -2.13. The molecule has 0 atom stereocenters. The van der Waals surface area contributed by atoms with Crippen molar-refractivity contribution in [1.29, 1.82) is 0 Å². The van der Waals surface area contributed by atoms with Crippen molar-refractivity contribution in [3.05, 3.63) is 48.0 Å². The number of hydrogen-bond donors (Lipinski definition) is 2. The standard InChI is InChI=1S/C20H31N5O2/c1-4-22-20(23-8-5-10-25-11-9-21-16-25)24-15-18-7-6-17(2)14-19(18)27-13-12-26-3/h6-7,9,11,14,16H,4-5,8,10,12-13,15H2,1-3H3,(H2,22,23,24). The summed E-state index contributed by atoms with van der Waals surface area (Å²) in [7, 11) is 1.67. The van der Waals surface area contributed by atoms with Crippen LogP contribution < -0.4 is 15.4 Å². The molecule has 0 aliphatic carbocycles. The Morgan fingerprint density at radius 3 is 2.89 bits per heavy atom. The van der Waals surface area contributed by atoms with E-state index in [9.17, 15) is 0 Å². The molecule has 0 saturated carbocycles. The molecule has 0 aliphatic rings. The Hall–Kier alpha value is -2.54. The van der Waals surface area contributed by atoms with Crippen LogP contribution in [-0.2, 0) is 17.8 Å². The third kappa shape index (κ3) is 7.70. The molecular weight excluding hydrogens is 342 g/mol. The molecule has 148 valence electrons. The van der Waals surface area contributed by atoms with Crippen molar-refractivity contribution in [1.82, 2.24) is 20.2 Å². The summed E-state index contributed by atoms with van der Waals surface area (Å²) < 4.78 is 13.0. The van der Waals surface area contributed by atoms with Gasteiger partial charge in [0.1, 0.15) is 12.4 Å². The number of benzene rings is 1. The van der Waals surface area contributed by atoms with Gasteiger partial charge < -0.3 is 24.7 Å². The van der Waals surface area contributed by atoms with Crippen LogP contribution >= 0.6 is 0 Å². The van der Waals surface area contributed by atoms with Crippen LogP contribution in [0.2, 0.25) is 0 Å². The number of aryl methyl sites for hydroxylation is 2. The predicted molar refractivity (Wildman–Crippen MR) is 108 cm³/mol. The van der Waals surface area contributed by atoms with Gasteiger partial charge in [-0.2, -0.15) is 0 Å². The molecule has 0 amide bonds. The van der Waals surface area contributed by atoms with Crippen molar-refractivity contribution in [3.63, 3.8) is 0 Å². The first-order chi connectivity index (χ1) is 13.2. The zero-order valence-corrected chi connectivity index (χ0v) is 16.6. The number of nitrogens with zero attached hydrogens (tertiary/aromatic N) is 3. The molecule has 2 aromatic rings. The molecule has 7 heteroatoms. The van der Waals surface area contributed by atoms with Crippen molar-refractivity contribution in [2.75, 3.05) is 33.4 Å². The Bertz CT molecular complexity index is 686. The number of guanidine groups is 1. The molecular formula is C20H31N5O2. The summed E-state index contributed by atoms with van der Waals surface area (Å²) in [5.41, 5.74) is 2.23. The summed E-state index contributed by atoms with van der Waals surface area (Å²) in [6.45, 7) is 8.37. The molecule has 0 aliphatic heterocycles. The summed E-state index contributed by atoms with van der Waals surface area (Å²) in [6, 6.07) is 6.20. The number of imidazole rings is 1. The zero-order chi connectivity index (χ0) is 19.3. The van der Waals surface area contributed by atoms with Gasteiger partial charge in [-0.05, 0) is 31.9 Å². The number of methoxy groups -OCH3 is 1. The average molecular weight is 374 g/mol. The summed E-state index contributed by atoms with van der Waals surface area (Å²) in [5, 5.41) is 6.67. The van der Waals surface area contributed by atoms with E-state index in [-0.39, 0.29) is 0 Å². The van der Waals surface area contributed by atoms with Crippen LogP contribution in [0.1, 0.15) is 24.5 Å². The van der Waals surface area contributed by atoms with Crippen molar-refractivity contribution in [2.45, 2.75) is 33.4 Å². The summed E-state index contributed by atoms with van der Waals surface area (Å²) in [4.78, 5) is 8.76. The highest BCUT2D eigenvalue weighted by Gasteiger charge is 2.05. The first-order valence-electron chi connectivity index (χ1n) is 9.42. The maximum absolute atomic E-state index is 5.85. The van der Waals surface area contributed by atoms with E-state index in [1.54, 1.807) is 13.3 Å². The highest BCUT2D eigenvalue weighted by Crippen LogP contribution is 2.21. The summed E-state index contributed by atoms with van der Waals surface area (Å²) >= 11 is 0. The quantitative estimate of drug-likeness (QED) is 0.359. The number of aliphatic imine (C=N–C) groups is 1. The van der Waals surface area contributed by atoms with Crippen LogP contribution in [0.4, 0.5) is 0 Å². The van der Waals surface area contributed by atoms with Gasteiger partial charge in [0.15, 0.2) is 5.96 Å². The topological polar surface area (TPSA) is 72.7 Å². The molecule has 1 heterocycles. The second-order valence-electron chi connectivity index (χ2n) is 6.23. The van der Waals surface area contributed by atoms with Crippen LogP contribution in [0.5, 0.6) is 5.75 Å². The Morgan fingerprint density at radius 1 is 1.26 bits per heavy atom. The fourth-order valence-electron chi connectivity index (χ4n) is 2.56. The number of rotatable bonds is 11. The number of hydrogen-bond acceptors (Lipinski definition) is 4. The molecule has 1 aromatic heterocycles. The van der Waals surface area contributed by atoms with Gasteiger partial charge in [-0.25, -0.2) is 9.98 Å². The van der Waals surface area contributed by atoms with Gasteiger partial charge in [-0.3, -0.25) is 0 Å². The Morgan fingerprint density at radius 2 is 2.15 bits per heavy atom. The van der Waals surface area contributed by atoms with Gasteiger partial charge in [-0.15, -0.1) is 0 Å². The molecule has 0 saturated heterocycles. The summed E-state index contributed by atoms with van der Waals surface area (Å²) in [6.07, 6.45) is 6.60. The van der Waals surface area contributed by atoms with Crippen LogP contribution in [-0.4, -0.2) is 48.9 Å². The Labute approximate surface area is 161 Å².